The van der Waals surface area contributed by atoms with Crippen LogP contribution in [0.4, 0.5) is 0 Å². The van der Waals surface area contributed by atoms with Gasteiger partial charge in [-0.25, -0.2) is 5.84 Å². The van der Waals surface area contributed by atoms with Gasteiger partial charge in [-0.1, -0.05) is 0 Å². The number of aliphatic hydroxyl groups excluding tert-OH is 1. The maximum Gasteiger partial charge on any atom is 0.253 e. The zero-order chi connectivity index (χ0) is 7.44. The van der Waals surface area contributed by atoms with Gasteiger partial charge in [0, 0.05) is 0 Å². The van der Waals surface area contributed by atoms with Crippen LogP contribution in [0.15, 0.2) is 0 Å². The van der Waals surface area contributed by atoms with E-state index in [1.54, 1.807) is 0 Å². The van der Waals surface area contributed by atoms with Crippen LogP contribution in [0.1, 0.15) is 6.92 Å². The molecule has 5 nitrogen and oxygen atoms in total. The molecule has 1 amide bonds. The van der Waals surface area contributed by atoms with Crippen LogP contribution in [0.5, 0.6) is 0 Å². The molecule has 9 heavy (non-hydrogen) atoms. The Bertz CT molecular complexity index is 104. The van der Waals surface area contributed by atoms with Crippen molar-refractivity contribution in [2.45, 2.75) is 19.1 Å². The molecule has 0 aliphatic heterocycles. The van der Waals surface area contributed by atoms with Crippen LogP contribution < -0.4 is 17.0 Å². The highest BCUT2D eigenvalue weighted by Crippen LogP contribution is 1.85. The van der Waals surface area contributed by atoms with E-state index in [4.69, 9.17) is 16.7 Å². The molecule has 0 spiro atoms. The number of nitrogens with two attached hydrogens (primary N) is 2. The van der Waals surface area contributed by atoms with Gasteiger partial charge >= 0.3 is 0 Å². The predicted octanol–water partition coefficient (Wildman–Crippen LogP) is -2.32. The van der Waals surface area contributed by atoms with Gasteiger partial charge in [-0.05, 0) is 6.92 Å². The Morgan fingerprint density at radius 3 is 2.33 bits per heavy atom. The molecule has 0 aliphatic carbocycles. The largest absolute Gasteiger partial charge is 0.391 e. The zero-order valence-corrected chi connectivity index (χ0v) is 5.16. The second kappa shape index (κ2) is 3.39. The summed E-state index contributed by atoms with van der Waals surface area (Å²) in [5.74, 6) is 4.16. The number of amides is 1. The van der Waals surface area contributed by atoms with E-state index in [9.17, 15) is 4.79 Å². The van der Waals surface area contributed by atoms with Gasteiger partial charge in [-0.3, -0.25) is 10.2 Å². The van der Waals surface area contributed by atoms with E-state index in [1.165, 1.54) is 6.92 Å². The van der Waals surface area contributed by atoms with Crippen molar-refractivity contribution in [2.75, 3.05) is 0 Å². The van der Waals surface area contributed by atoms with E-state index in [0.717, 1.165) is 0 Å². The van der Waals surface area contributed by atoms with E-state index >= 15 is 0 Å². The minimum atomic E-state index is -0.935. The van der Waals surface area contributed by atoms with E-state index in [0.29, 0.717) is 0 Å². The maximum atomic E-state index is 10.4. The van der Waals surface area contributed by atoms with Gasteiger partial charge in [0.15, 0.2) is 0 Å². The Hall–Kier alpha value is -0.650. The third-order valence-electron chi connectivity index (χ3n) is 0.965. The van der Waals surface area contributed by atoms with Gasteiger partial charge in [0.1, 0.15) is 6.04 Å². The Kier molecular flexibility index (Phi) is 3.15. The molecular weight excluding hydrogens is 122 g/mol. The third-order valence-corrected chi connectivity index (χ3v) is 0.965. The van der Waals surface area contributed by atoms with E-state index in [-0.39, 0.29) is 0 Å². The smallest absolute Gasteiger partial charge is 0.253 e. The predicted molar refractivity (Wildman–Crippen MR) is 32.0 cm³/mol. The van der Waals surface area contributed by atoms with Crippen molar-refractivity contribution in [1.29, 1.82) is 0 Å². The molecule has 0 rings (SSSR count). The Morgan fingerprint density at radius 1 is 1.78 bits per heavy atom. The lowest BCUT2D eigenvalue weighted by Crippen LogP contribution is -2.49. The summed E-state index contributed by atoms with van der Waals surface area (Å²) >= 11 is 0. The first kappa shape index (κ1) is 8.35. The van der Waals surface area contributed by atoms with Crippen LogP contribution in [0, 0.1) is 0 Å². The lowest BCUT2D eigenvalue weighted by molar-refractivity contribution is -0.124. The molecule has 0 aliphatic rings. The molecule has 2 atom stereocenters. The molecule has 0 saturated heterocycles. The molecule has 6 N–H and O–H groups in total. The number of carbonyl (C=O) groups is 1. The summed E-state index contributed by atoms with van der Waals surface area (Å²) in [6, 6.07) is -0.935. The van der Waals surface area contributed by atoms with Crippen LogP contribution in [-0.2, 0) is 4.79 Å². The third kappa shape index (κ3) is 2.41. The lowest BCUT2D eigenvalue weighted by atomic mass is 10.2. The van der Waals surface area contributed by atoms with Crippen molar-refractivity contribution in [3.8, 4) is 0 Å². The fraction of sp³-hybridized carbons (Fsp3) is 0.750. The highest BCUT2D eigenvalue weighted by atomic mass is 16.3. The van der Waals surface area contributed by atoms with Gasteiger partial charge in [-0.15, -0.1) is 0 Å². The summed E-state index contributed by atoms with van der Waals surface area (Å²) in [5.41, 5.74) is 6.95. The SMILES string of the molecule is CC(O)C(N)C(=O)NN. The van der Waals surface area contributed by atoms with Crippen molar-refractivity contribution < 1.29 is 9.90 Å². The van der Waals surface area contributed by atoms with Gasteiger partial charge < -0.3 is 10.8 Å². The summed E-state index contributed by atoms with van der Waals surface area (Å²) in [6.45, 7) is 1.42. The molecule has 5 heteroatoms. The Labute approximate surface area is 53.0 Å². The molecule has 0 aromatic carbocycles. The molecule has 0 fully saturated rings. The highest BCUT2D eigenvalue weighted by molar-refractivity contribution is 5.81. The molecular formula is C4H11N3O2. The Balaban J connectivity index is 3.72. The van der Waals surface area contributed by atoms with Crippen molar-refractivity contribution in [3.05, 3.63) is 0 Å². The second-order valence-corrected chi connectivity index (χ2v) is 1.77. The summed E-state index contributed by atoms with van der Waals surface area (Å²) in [6.07, 6.45) is -0.867. The number of hydrogen-bond donors (Lipinski definition) is 4. The summed E-state index contributed by atoms with van der Waals surface area (Å²) in [7, 11) is 0. The van der Waals surface area contributed by atoms with Crippen LogP contribution in [0.25, 0.3) is 0 Å². The van der Waals surface area contributed by atoms with E-state index in [2.05, 4.69) is 0 Å². The number of aliphatic hydroxyl groups is 1. The van der Waals surface area contributed by atoms with Gasteiger partial charge in [0.25, 0.3) is 5.91 Å². The van der Waals surface area contributed by atoms with Crippen LogP contribution in [0.3, 0.4) is 0 Å². The summed E-state index contributed by atoms with van der Waals surface area (Å²) in [4.78, 5) is 10.4. The molecule has 2 unspecified atom stereocenters. The molecule has 0 saturated carbocycles. The number of hydrogen-bond acceptors (Lipinski definition) is 4. The topological polar surface area (TPSA) is 101 Å². The fourth-order valence-electron chi connectivity index (χ4n) is 0.315. The van der Waals surface area contributed by atoms with Crippen molar-refractivity contribution in [3.63, 3.8) is 0 Å². The molecule has 0 heterocycles. The van der Waals surface area contributed by atoms with Crippen molar-refractivity contribution in [1.82, 2.24) is 5.43 Å². The first-order valence-corrected chi connectivity index (χ1v) is 2.53. The van der Waals surface area contributed by atoms with Gasteiger partial charge in [0.05, 0.1) is 6.10 Å². The monoisotopic (exact) mass is 133 g/mol. The van der Waals surface area contributed by atoms with Crippen LogP contribution >= 0.6 is 0 Å². The minimum absolute atomic E-state index is 0.565. The molecule has 0 radical (unpaired) electrons. The van der Waals surface area contributed by atoms with E-state index in [1.807, 2.05) is 5.43 Å². The average Bonchev–Trinajstić information content (AvgIpc) is 1.84. The lowest BCUT2D eigenvalue weighted by Gasteiger charge is -2.11. The normalized spacial score (nSPS) is 16.4. The number of hydrazine groups is 1. The molecule has 0 aromatic rings. The minimum Gasteiger partial charge on any atom is -0.391 e. The van der Waals surface area contributed by atoms with Gasteiger partial charge in [-0.2, -0.15) is 0 Å². The Morgan fingerprint density at radius 2 is 2.22 bits per heavy atom. The first-order valence-electron chi connectivity index (χ1n) is 2.53. The number of carbonyl (C=O) groups excluding carboxylic acids is 1. The summed E-state index contributed by atoms with van der Waals surface area (Å²) < 4.78 is 0. The van der Waals surface area contributed by atoms with Crippen molar-refractivity contribution in [2.24, 2.45) is 11.6 Å². The number of rotatable bonds is 2. The van der Waals surface area contributed by atoms with Gasteiger partial charge in [0.2, 0.25) is 0 Å². The molecule has 54 valence electrons. The summed E-state index contributed by atoms with van der Waals surface area (Å²) in [5, 5.41) is 8.68. The zero-order valence-electron chi connectivity index (χ0n) is 5.16. The van der Waals surface area contributed by atoms with Crippen LogP contribution in [-0.4, -0.2) is 23.2 Å². The maximum absolute atomic E-state index is 10.4. The highest BCUT2D eigenvalue weighted by Gasteiger charge is 2.16. The van der Waals surface area contributed by atoms with E-state index < -0.39 is 18.1 Å². The quantitative estimate of drug-likeness (QED) is 0.193. The fourth-order valence-corrected chi connectivity index (χ4v) is 0.315. The standard InChI is InChI=1S/C4H11N3O2/c1-2(8)3(5)4(9)7-6/h2-3,8H,5-6H2,1H3,(H,7,9). The van der Waals surface area contributed by atoms with Crippen LogP contribution in [0.2, 0.25) is 0 Å². The first-order chi connectivity index (χ1) is 4.09. The average molecular weight is 133 g/mol. The van der Waals surface area contributed by atoms with Crippen molar-refractivity contribution >= 4 is 5.91 Å². The number of nitrogens with one attached hydrogen (secondary N) is 1. The second-order valence-electron chi connectivity index (χ2n) is 1.77. The molecule has 0 bridgehead atoms. The molecule has 0 aromatic heterocycles.